The number of hydrogen-bond acceptors (Lipinski definition) is 2. The van der Waals surface area contributed by atoms with E-state index in [0.29, 0.717) is 0 Å². The van der Waals surface area contributed by atoms with Crippen LogP contribution in [-0.4, -0.2) is 16.2 Å². The molecule has 0 aliphatic carbocycles. The van der Waals surface area contributed by atoms with Crippen LogP contribution in [0.1, 0.15) is 18.9 Å². The number of aliphatic hydroxyl groups excluding tert-OH is 1. The van der Waals surface area contributed by atoms with E-state index < -0.39 is 0 Å². The van der Waals surface area contributed by atoms with Gasteiger partial charge in [0.15, 0.2) is 0 Å². The van der Waals surface area contributed by atoms with Crippen molar-refractivity contribution < 1.29 is 5.11 Å². The molecule has 1 N–H and O–H groups in total. The molecule has 2 rings (SSSR count). The van der Waals surface area contributed by atoms with Gasteiger partial charge in [-0.05, 0) is 43.5 Å². The summed E-state index contributed by atoms with van der Waals surface area (Å²) in [7, 11) is 0. The number of aryl methyl sites for hydroxylation is 1. The van der Waals surface area contributed by atoms with Crippen LogP contribution in [0.25, 0.3) is 10.9 Å². The average Bonchev–Trinajstić information content (AvgIpc) is 2.26. The predicted molar refractivity (Wildman–Crippen MR) is 61.7 cm³/mol. The van der Waals surface area contributed by atoms with Gasteiger partial charge in [0, 0.05) is 11.6 Å². The second-order valence-electron chi connectivity index (χ2n) is 3.92. The monoisotopic (exact) mass is 201 g/mol. The third kappa shape index (κ3) is 2.54. The summed E-state index contributed by atoms with van der Waals surface area (Å²) in [5.74, 6) is 0. The molecule has 2 heteroatoms. The van der Waals surface area contributed by atoms with Gasteiger partial charge in [0.2, 0.25) is 0 Å². The standard InChI is InChI=1S/C13H15NO/c1-10(15)4-5-11-6-7-13-12(9-11)3-2-8-14-13/h2-3,6-10,15H,4-5H2,1H3/t10-/m1/s1. The second kappa shape index (κ2) is 4.41. The van der Waals surface area contributed by atoms with Gasteiger partial charge in [-0.1, -0.05) is 12.1 Å². The molecule has 78 valence electrons. The molecule has 0 aliphatic rings. The van der Waals surface area contributed by atoms with Crippen LogP contribution < -0.4 is 0 Å². The Labute approximate surface area is 89.6 Å². The molecule has 0 bridgehead atoms. The summed E-state index contributed by atoms with van der Waals surface area (Å²) in [6.07, 6.45) is 3.31. The zero-order valence-electron chi connectivity index (χ0n) is 8.85. The molecule has 1 heterocycles. The van der Waals surface area contributed by atoms with Crippen LogP contribution in [0.5, 0.6) is 0 Å². The van der Waals surface area contributed by atoms with Gasteiger partial charge >= 0.3 is 0 Å². The highest BCUT2D eigenvalue weighted by atomic mass is 16.3. The molecule has 2 nitrogen and oxygen atoms in total. The highest BCUT2D eigenvalue weighted by Crippen LogP contribution is 2.14. The first-order valence-corrected chi connectivity index (χ1v) is 5.27. The number of aliphatic hydroxyl groups is 1. The molecule has 1 aromatic heterocycles. The van der Waals surface area contributed by atoms with Crippen molar-refractivity contribution in [2.24, 2.45) is 0 Å². The fraction of sp³-hybridized carbons (Fsp3) is 0.308. The van der Waals surface area contributed by atoms with E-state index in [1.54, 1.807) is 6.20 Å². The van der Waals surface area contributed by atoms with Gasteiger partial charge in [0.1, 0.15) is 0 Å². The van der Waals surface area contributed by atoms with E-state index in [-0.39, 0.29) is 6.10 Å². The molecular weight excluding hydrogens is 186 g/mol. The van der Waals surface area contributed by atoms with Crippen molar-refractivity contribution in [1.82, 2.24) is 4.98 Å². The minimum atomic E-state index is -0.227. The molecule has 15 heavy (non-hydrogen) atoms. The van der Waals surface area contributed by atoms with Crippen molar-refractivity contribution in [1.29, 1.82) is 0 Å². The minimum Gasteiger partial charge on any atom is -0.393 e. The fourth-order valence-corrected chi connectivity index (χ4v) is 1.66. The van der Waals surface area contributed by atoms with Crippen molar-refractivity contribution in [3.8, 4) is 0 Å². The summed E-state index contributed by atoms with van der Waals surface area (Å²) in [6.45, 7) is 1.82. The van der Waals surface area contributed by atoms with Gasteiger partial charge in [-0.25, -0.2) is 0 Å². The summed E-state index contributed by atoms with van der Waals surface area (Å²) >= 11 is 0. The van der Waals surface area contributed by atoms with Crippen LogP contribution in [0.15, 0.2) is 36.5 Å². The van der Waals surface area contributed by atoms with Crippen LogP contribution in [0.4, 0.5) is 0 Å². The van der Waals surface area contributed by atoms with Crippen LogP contribution in [0, 0.1) is 0 Å². The number of aromatic nitrogens is 1. The molecular formula is C13H15NO. The summed E-state index contributed by atoms with van der Waals surface area (Å²) in [4.78, 5) is 4.27. The lowest BCUT2D eigenvalue weighted by Gasteiger charge is -2.05. The lowest BCUT2D eigenvalue weighted by atomic mass is 10.1. The Hall–Kier alpha value is -1.41. The van der Waals surface area contributed by atoms with Gasteiger partial charge in [-0.15, -0.1) is 0 Å². The van der Waals surface area contributed by atoms with E-state index in [9.17, 15) is 5.11 Å². The molecule has 0 spiro atoms. The SMILES string of the molecule is C[C@@H](O)CCc1ccc2ncccc2c1. The maximum atomic E-state index is 9.21. The minimum absolute atomic E-state index is 0.227. The van der Waals surface area contributed by atoms with E-state index in [0.717, 1.165) is 18.4 Å². The Kier molecular flexibility index (Phi) is 2.97. The smallest absolute Gasteiger partial charge is 0.0702 e. The first kappa shape index (κ1) is 10.1. The predicted octanol–water partition coefficient (Wildman–Crippen LogP) is 2.55. The molecule has 0 aliphatic heterocycles. The number of fused-ring (bicyclic) bond motifs is 1. The first-order chi connectivity index (χ1) is 7.25. The van der Waals surface area contributed by atoms with E-state index in [1.807, 2.05) is 19.1 Å². The highest BCUT2D eigenvalue weighted by molar-refractivity contribution is 5.78. The molecule has 1 atom stereocenters. The van der Waals surface area contributed by atoms with Crippen molar-refractivity contribution in [3.63, 3.8) is 0 Å². The zero-order chi connectivity index (χ0) is 10.7. The first-order valence-electron chi connectivity index (χ1n) is 5.27. The molecule has 2 aromatic rings. The summed E-state index contributed by atoms with van der Waals surface area (Å²) in [5, 5.41) is 10.4. The van der Waals surface area contributed by atoms with Crippen LogP contribution in [-0.2, 0) is 6.42 Å². The molecule has 0 amide bonds. The molecule has 0 unspecified atom stereocenters. The molecule has 0 saturated heterocycles. The number of nitrogens with zero attached hydrogens (tertiary/aromatic N) is 1. The lowest BCUT2D eigenvalue weighted by molar-refractivity contribution is 0.185. The number of pyridine rings is 1. The third-order valence-electron chi connectivity index (χ3n) is 2.52. The third-order valence-corrected chi connectivity index (χ3v) is 2.52. The van der Waals surface area contributed by atoms with E-state index >= 15 is 0 Å². The normalized spacial score (nSPS) is 12.9. The Bertz CT molecular complexity index is 451. The Morgan fingerprint density at radius 1 is 1.33 bits per heavy atom. The van der Waals surface area contributed by atoms with Crippen LogP contribution >= 0.6 is 0 Å². The largest absolute Gasteiger partial charge is 0.393 e. The molecule has 0 saturated carbocycles. The number of benzene rings is 1. The van der Waals surface area contributed by atoms with Crippen LogP contribution in [0.2, 0.25) is 0 Å². The van der Waals surface area contributed by atoms with Gasteiger partial charge in [-0.2, -0.15) is 0 Å². The van der Waals surface area contributed by atoms with E-state index in [1.165, 1.54) is 10.9 Å². The molecule has 1 aromatic carbocycles. The van der Waals surface area contributed by atoms with Crippen molar-refractivity contribution in [3.05, 3.63) is 42.1 Å². The van der Waals surface area contributed by atoms with Crippen molar-refractivity contribution >= 4 is 10.9 Å². The highest BCUT2D eigenvalue weighted by Gasteiger charge is 1.99. The lowest BCUT2D eigenvalue weighted by Crippen LogP contribution is -2.01. The number of hydrogen-bond donors (Lipinski definition) is 1. The Morgan fingerprint density at radius 2 is 2.20 bits per heavy atom. The van der Waals surface area contributed by atoms with Gasteiger partial charge < -0.3 is 5.11 Å². The summed E-state index contributed by atoms with van der Waals surface area (Å²) in [6, 6.07) is 10.3. The summed E-state index contributed by atoms with van der Waals surface area (Å²) < 4.78 is 0. The van der Waals surface area contributed by atoms with E-state index in [2.05, 4.69) is 23.2 Å². The van der Waals surface area contributed by atoms with Gasteiger partial charge in [0.25, 0.3) is 0 Å². The Morgan fingerprint density at radius 3 is 3.00 bits per heavy atom. The topological polar surface area (TPSA) is 33.1 Å². The van der Waals surface area contributed by atoms with Gasteiger partial charge in [-0.3, -0.25) is 4.98 Å². The van der Waals surface area contributed by atoms with Gasteiger partial charge in [0.05, 0.1) is 11.6 Å². The Balaban J connectivity index is 2.23. The number of rotatable bonds is 3. The van der Waals surface area contributed by atoms with Crippen LogP contribution in [0.3, 0.4) is 0 Å². The van der Waals surface area contributed by atoms with Crippen molar-refractivity contribution in [2.45, 2.75) is 25.9 Å². The van der Waals surface area contributed by atoms with Crippen molar-refractivity contribution in [2.75, 3.05) is 0 Å². The van der Waals surface area contributed by atoms with E-state index in [4.69, 9.17) is 0 Å². The maximum absolute atomic E-state index is 9.21. The quantitative estimate of drug-likeness (QED) is 0.827. The second-order valence-corrected chi connectivity index (χ2v) is 3.92. The summed E-state index contributed by atoms with van der Waals surface area (Å²) in [5.41, 5.74) is 2.29. The molecule has 0 fully saturated rings. The maximum Gasteiger partial charge on any atom is 0.0702 e. The zero-order valence-corrected chi connectivity index (χ0v) is 8.85. The molecule has 0 radical (unpaired) electrons. The average molecular weight is 201 g/mol. The fourth-order valence-electron chi connectivity index (χ4n) is 1.66.